The number of carbonyl (C=O) groups excluding carboxylic acids is 1. The van der Waals surface area contributed by atoms with Crippen molar-refractivity contribution in [3.8, 4) is 0 Å². The summed E-state index contributed by atoms with van der Waals surface area (Å²) in [5, 5.41) is 3.89. The zero-order valence-corrected chi connectivity index (χ0v) is 12.3. The van der Waals surface area contributed by atoms with Gasteiger partial charge in [-0.2, -0.15) is 0 Å². The van der Waals surface area contributed by atoms with Crippen LogP contribution in [0.4, 0.5) is 11.5 Å². The van der Waals surface area contributed by atoms with Crippen molar-refractivity contribution in [3.05, 3.63) is 45.8 Å². The fraction of sp³-hybridized carbons (Fsp3) is 0.154. The Balaban J connectivity index is 2.36. The van der Waals surface area contributed by atoms with Gasteiger partial charge >= 0.3 is 5.97 Å². The van der Waals surface area contributed by atoms with Crippen LogP contribution in [0.2, 0.25) is 10.0 Å². The van der Waals surface area contributed by atoms with E-state index >= 15 is 0 Å². The van der Waals surface area contributed by atoms with Gasteiger partial charge < -0.3 is 10.1 Å². The second-order valence-corrected chi connectivity index (χ2v) is 4.74. The quantitative estimate of drug-likeness (QED) is 0.877. The van der Waals surface area contributed by atoms with Crippen LogP contribution >= 0.6 is 23.2 Å². The Morgan fingerprint density at radius 1 is 1.30 bits per heavy atom. The molecule has 7 heteroatoms. The first-order valence-corrected chi connectivity index (χ1v) is 6.40. The van der Waals surface area contributed by atoms with E-state index in [9.17, 15) is 4.79 Å². The van der Waals surface area contributed by atoms with Crippen LogP contribution in [0.3, 0.4) is 0 Å². The number of aromatic nitrogens is 2. The van der Waals surface area contributed by atoms with Gasteiger partial charge in [-0.15, -0.1) is 0 Å². The Morgan fingerprint density at radius 3 is 2.75 bits per heavy atom. The number of aryl methyl sites for hydroxylation is 1. The smallest absolute Gasteiger partial charge is 0.358 e. The molecule has 0 amide bonds. The first kappa shape index (κ1) is 14.6. The molecule has 104 valence electrons. The maximum Gasteiger partial charge on any atom is 0.358 e. The lowest BCUT2D eigenvalue weighted by atomic mass is 10.2. The molecule has 0 unspecified atom stereocenters. The molecule has 1 aromatic carbocycles. The average Bonchev–Trinajstić information content (AvgIpc) is 2.47. The van der Waals surface area contributed by atoms with E-state index in [0.29, 0.717) is 21.6 Å². The molecule has 2 aromatic rings. The van der Waals surface area contributed by atoms with Crippen molar-refractivity contribution >= 4 is 40.7 Å². The molecule has 0 radical (unpaired) electrons. The van der Waals surface area contributed by atoms with Crippen molar-refractivity contribution < 1.29 is 9.53 Å². The molecule has 0 aliphatic carbocycles. The molecule has 0 saturated heterocycles. The van der Waals surface area contributed by atoms with Crippen LogP contribution in [0, 0.1) is 6.92 Å². The molecule has 1 heterocycles. The van der Waals surface area contributed by atoms with Crippen LogP contribution in [0.15, 0.2) is 24.5 Å². The third-order valence-corrected chi connectivity index (χ3v) is 3.37. The summed E-state index contributed by atoms with van der Waals surface area (Å²) >= 11 is 12.3. The van der Waals surface area contributed by atoms with Crippen LogP contribution in [0.25, 0.3) is 0 Å². The molecule has 1 aromatic heterocycles. The van der Waals surface area contributed by atoms with E-state index in [4.69, 9.17) is 23.2 Å². The van der Waals surface area contributed by atoms with E-state index in [-0.39, 0.29) is 5.69 Å². The average molecular weight is 312 g/mol. The van der Waals surface area contributed by atoms with Crippen LogP contribution in [-0.2, 0) is 4.74 Å². The summed E-state index contributed by atoms with van der Waals surface area (Å²) in [6.07, 6.45) is 2.78. The van der Waals surface area contributed by atoms with E-state index in [1.54, 1.807) is 6.07 Å². The molecular formula is C13H11Cl2N3O2. The summed E-state index contributed by atoms with van der Waals surface area (Å²) in [4.78, 5) is 19.4. The SMILES string of the molecule is COC(=O)c1cncc(Nc2c(Cl)ccc(C)c2Cl)n1. The molecule has 0 spiro atoms. The Bertz CT molecular complexity index is 662. The van der Waals surface area contributed by atoms with Gasteiger partial charge in [0.2, 0.25) is 0 Å². The number of nitrogens with one attached hydrogen (secondary N) is 1. The lowest BCUT2D eigenvalue weighted by Gasteiger charge is -2.11. The van der Waals surface area contributed by atoms with Gasteiger partial charge in [-0.25, -0.2) is 9.78 Å². The van der Waals surface area contributed by atoms with Crippen molar-refractivity contribution in [2.75, 3.05) is 12.4 Å². The van der Waals surface area contributed by atoms with Gasteiger partial charge in [0, 0.05) is 0 Å². The number of carbonyl (C=O) groups is 1. The normalized spacial score (nSPS) is 10.2. The molecule has 0 atom stereocenters. The van der Waals surface area contributed by atoms with E-state index in [1.165, 1.54) is 19.5 Å². The van der Waals surface area contributed by atoms with Gasteiger partial charge in [-0.1, -0.05) is 29.3 Å². The third kappa shape index (κ3) is 3.00. The minimum atomic E-state index is -0.567. The van der Waals surface area contributed by atoms with Gasteiger partial charge in [-0.3, -0.25) is 4.98 Å². The number of nitrogens with zero attached hydrogens (tertiary/aromatic N) is 2. The minimum absolute atomic E-state index is 0.0948. The van der Waals surface area contributed by atoms with E-state index < -0.39 is 5.97 Å². The van der Waals surface area contributed by atoms with Crippen molar-refractivity contribution in [2.24, 2.45) is 0 Å². The molecule has 5 nitrogen and oxygen atoms in total. The first-order valence-electron chi connectivity index (χ1n) is 5.65. The zero-order valence-electron chi connectivity index (χ0n) is 10.8. The fourth-order valence-electron chi connectivity index (χ4n) is 1.53. The maximum absolute atomic E-state index is 11.4. The van der Waals surface area contributed by atoms with Crippen molar-refractivity contribution in [1.29, 1.82) is 0 Å². The van der Waals surface area contributed by atoms with Crippen LogP contribution in [0.1, 0.15) is 16.1 Å². The largest absolute Gasteiger partial charge is 0.464 e. The molecule has 20 heavy (non-hydrogen) atoms. The second kappa shape index (κ2) is 6.07. The highest BCUT2D eigenvalue weighted by atomic mass is 35.5. The number of esters is 1. The zero-order chi connectivity index (χ0) is 14.7. The summed E-state index contributed by atoms with van der Waals surface area (Å²) in [5.74, 6) is -0.218. The topological polar surface area (TPSA) is 64.1 Å². The molecular weight excluding hydrogens is 301 g/mol. The molecule has 2 rings (SSSR count). The number of ether oxygens (including phenoxy) is 1. The predicted molar refractivity (Wildman–Crippen MR) is 77.9 cm³/mol. The lowest BCUT2D eigenvalue weighted by Crippen LogP contribution is -2.07. The van der Waals surface area contributed by atoms with Crippen molar-refractivity contribution in [2.45, 2.75) is 6.92 Å². The molecule has 0 saturated carbocycles. The standard InChI is InChI=1S/C13H11Cl2N3O2/c1-7-3-4-8(14)12(11(7)15)18-10-6-16-5-9(17-10)13(19)20-2/h3-6H,1-2H3,(H,17,18). The number of hydrogen-bond donors (Lipinski definition) is 1. The minimum Gasteiger partial charge on any atom is -0.464 e. The van der Waals surface area contributed by atoms with Gasteiger partial charge in [0.25, 0.3) is 0 Å². The van der Waals surface area contributed by atoms with Gasteiger partial charge in [0.15, 0.2) is 5.69 Å². The van der Waals surface area contributed by atoms with Crippen LogP contribution in [-0.4, -0.2) is 23.0 Å². The summed E-state index contributed by atoms with van der Waals surface area (Å²) in [6.45, 7) is 1.86. The highest BCUT2D eigenvalue weighted by Gasteiger charge is 2.12. The van der Waals surface area contributed by atoms with Gasteiger partial charge in [0.05, 0.1) is 35.2 Å². The number of benzene rings is 1. The molecule has 0 aliphatic heterocycles. The van der Waals surface area contributed by atoms with Crippen LogP contribution < -0.4 is 5.32 Å². The molecule has 1 N–H and O–H groups in total. The van der Waals surface area contributed by atoms with E-state index in [0.717, 1.165) is 5.56 Å². The predicted octanol–water partition coefficient (Wildman–Crippen LogP) is 3.62. The van der Waals surface area contributed by atoms with Crippen molar-refractivity contribution in [1.82, 2.24) is 9.97 Å². The van der Waals surface area contributed by atoms with E-state index in [1.807, 2.05) is 13.0 Å². The van der Waals surface area contributed by atoms with Gasteiger partial charge in [-0.05, 0) is 18.6 Å². The summed E-state index contributed by atoms with van der Waals surface area (Å²) in [6, 6.07) is 3.54. The van der Waals surface area contributed by atoms with Crippen LogP contribution in [0.5, 0.6) is 0 Å². The number of anilines is 2. The molecule has 0 fully saturated rings. The van der Waals surface area contributed by atoms with Gasteiger partial charge in [0.1, 0.15) is 5.82 Å². The molecule has 0 bridgehead atoms. The van der Waals surface area contributed by atoms with Crippen molar-refractivity contribution in [3.63, 3.8) is 0 Å². The Hall–Kier alpha value is -1.85. The fourth-order valence-corrected chi connectivity index (χ4v) is 1.99. The number of methoxy groups -OCH3 is 1. The number of hydrogen-bond acceptors (Lipinski definition) is 5. The summed E-state index contributed by atoms with van der Waals surface area (Å²) in [5.41, 5.74) is 1.48. The maximum atomic E-state index is 11.4. The second-order valence-electron chi connectivity index (χ2n) is 3.96. The number of halogens is 2. The summed E-state index contributed by atoms with van der Waals surface area (Å²) < 4.78 is 4.59. The van der Waals surface area contributed by atoms with E-state index in [2.05, 4.69) is 20.0 Å². The Morgan fingerprint density at radius 2 is 2.05 bits per heavy atom. The Labute approximate surface area is 125 Å². The molecule has 0 aliphatic rings. The highest BCUT2D eigenvalue weighted by Crippen LogP contribution is 2.34. The third-order valence-electron chi connectivity index (χ3n) is 2.57. The monoisotopic (exact) mass is 311 g/mol. The lowest BCUT2D eigenvalue weighted by molar-refractivity contribution is 0.0593. The first-order chi connectivity index (χ1) is 9.52. The summed E-state index contributed by atoms with van der Waals surface area (Å²) in [7, 11) is 1.28. The number of rotatable bonds is 3. The Kier molecular flexibility index (Phi) is 4.42. The highest BCUT2D eigenvalue weighted by molar-refractivity contribution is 6.39.